The number of hydrogen-bond donors (Lipinski definition) is 2. The second kappa shape index (κ2) is 8.99. The van der Waals surface area contributed by atoms with Crippen molar-refractivity contribution in [1.29, 1.82) is 0 Å². The molecule has 4 nitrogen and oxygen atoms in total. The maximum absolute atomic E-state index is 12.9. The number of hydrogen-bond acceptors (Lipinski definition) is 4. The van der Waals surface area contributed by atoms with E-state index in [1.54, 1.807) is 0 Å². The van der Waals surface area contributed by atoms with Crippen LogP contribution >= 0.6 is 35.1 Å². The number of anilines is 1. The highest BCUT2D eigenvalue weighted by Crippen LogP contribution is 2.45. The van der Waals surface area contributed by atoms with Gasteiger partial charge in [0.05, 0.1) is 10.1 Å². The van der Waals surface area contributed by atoms with Crippen LogP contribution in [0.5, 0.6) is 0 Å². The molecule has 2 aliphatic heterocycles. The summed E-state index contributed by atoms with van der Waals surface area (Å²) >= 11 is 9.97. The van der Waals surface area contributed by atoms with Gasteiger partial charge < -0.3 is 15.4 Å². The van der Waals surface area contributed by atoms with Gasteiger partial charge in [0.25, 0.3) is 0 Å². The number of urea groups is 1. The number of rotatable bonds is 4. The van der Waals surface area contributed by atoms with Gasteiger partial charge in [-0.2, -0.15) is 0 Å². The third-order valence-electron chi connectivity index (χ3n) is 5.13. The largest absolute Gasteiger partial charge is 0.381 e. The van der Waals surface area contributed by atoms with Crippen molar-refractivity contribution in [2.75, 3.05) is 30.0 Å². The zero-order chi connectivity index (χ0) is 19.4. The molecule has 7 heteroatoms. The minimum absolute atomic E-state index is 0.194. The molecule has 2 amide bonds. The predicted octanol–water partition coefficient (Wildman–Crippen LogP) is 5.65. The third kappa shape index (κ3) is 4.62. The van der Waals surface area contributed by atoms with Gasteiger partial charge in [0.15, 0.2) is 0 Å². The van der Waals surface area contributed by atoms with Crippen molar-refractivity contribution in [1.82, 2.24) is 5.32 Å². The van der Waals surface area contributed by atoms with Crippen LogP contribution in [0.1, 0.15) is 28.6 Å². The van der Waals surface area contributed by atoms with Crippen LogP contribution in [-0.4, -0.2) is 30.8 Å². The maximum atomic E-state index is 12.9. The van der Waals surface area contributed by atoms with Gasteiger partial charge in [0, 0.05) is 35.4 Å². The molecular formula is C21H23ClN2O2S2. The van der Waals surface area contributed by atoms with Gasteiger partial charge in [-0.15, -0.1) is 23.5 Å². The fourth-order valence-electron chi connectivity index (χ4n) is 3.67. The topological polar surface area (TPSA) is 50.4 Å². The molecule has 2 aliphatic rings. The summed E-state index contributed by atoms with van der Waals surface area (Å²) in [6.45, 7) is 1.24. The van der Waals surface area contributed by atoms with Crippen molar-refractivity contribution in [3.8, 4) is 0 Å². The molecule has 2 aromatic rings. The van der Waals surface area contributed by atoms with Crippen molar-refractivity contribution in [3.05, 3.63) is 64.7 Å². The molecule has 0 spiro atoms. The number of thioether (sulfide) groups is 2. The van der Waals surface area contributed by atoms with E-state index in [2.05, 4.69) is 22.8 Å². The highest BCUT2D eigenvalue weighted by molar-refractivity contribution is 8.19. The Labute approximate surface area is 179 Å². The summed E-state index contributed by atoms with van der Waals surface area (Å²) in [5.74, 6) is 2.36. The van der Waals surface area contributed by atoms with E-state index in [-0.39, 0.29) is 6.03 Å². The molecule has 148 valence electrons. The van der Waals surface area contributed by atoms with Crippen LogP contribution in [0.4, 0.5) is 10.5 Å². The van der Waals surface area contributed by atoms with E-state index in [1.807, 2.05) is 59.9 Å². The van der Waals surface area contributed by atoms with Crippen LogP contribution in [0.3, 0.4) is 0 Å². The average molecular weight is 435 g/mol. The lowest BCUT2D eigenvalue weighted by Crippen LogP contribution is -2.50. The van der Waals surface area contributed by atoms with Crippen molar-refractivity contribution < 1.29 is 9.53 Å². The Morgan fingerprint density at radius 1 is 1.07 bits per heavy atom. The monoisotopic (exact) mass is 434 g/mol. The van der Waals surface area contributed by atoms with Crippen molar-refractivity contribution >= 4 is 46.8 Å². The Bertz CT molecular complexity index is 819. The molecular weight excluding hydrogens is 412 g/mol. The summed E-state index contributed by atoms with van der Waals surface area (Å²) in [6, 6.07) is 15.7. The van der Waals surface area contributed by atoms with Gasteiger partial charge in [-0.3, -0.25) is 0 Å². The second-order valence-corrected chi connectivity index (χ2v) is 10.1. The first-order chi connectivity index (χ1) is 13.6. The van der Waals surface area contributed by atoms with E-state index in [9.17, 15) is 4.79 Å². The van der Waals surface area contributed by atoms with Crippen molar-refractivity contribution in [2.45, 2.75) is 23.0 Å². The smallest absolute Gasteiger partial charge is 0.319 e. The van der Waals surface area contributed by atoms with Crippen LogP contribution in [0.2, 0.25) is 5.02 Å². The fraction of sp³-hybridized carbons (Fsp3) is 0.381. The normalized spacial score (nSPS) is 19.3. The Hall–Kier alpha value is -1.34. The molecule has 0 saturated carbocycles. The number of halogens is 1. The molecule has 28 heavy (non-hydrogen) atoms. The zero-order valence-electron chi connectivity index (χ0n) is 15.4. The van der Waals surface area contributed by atoms with Crippen LogP contribution in [0.25, 0.3) is 0 Å². The Balaban J connectivity index is 1.49. The van der Waals surface area contributed by atoms with E-state index in [0.717, 1.165) is 24.1 Å². The summed E-state index contributed by atoms with van der Waals surface area (Å²) in [5.41, 5.74) is 2.69. The van der Waals surface area contributed by atoms with Gasteiger partial charge in [-0.1, -0.05) is 35.9 Å². The number of ether oxygens (including phenoxy) is 1. The van der Waals surface area contributed by atoms with E-state index in [4.69, 9.17) is 16.3 Å². The van der Waals surface area contributed by atoms with Crippen LogP contribution in [0, 0.1) is 0 Å². The lowest BCUT2D eigenvalue weighted by molar-refractivity contribution is 0.0418. The van der Waals surface area contributed by atoms with E-state index in [1.165, 1.54) is 17.1 Å². The SMILES string of the molecule is O=C(Nc1cccc(C2SCCS2)c1)NC1(c2ccc(Cl)cc2)CCOCC1. The van der Waals surface area contributed by atoms with Crippen molar-refractivity contribution in [3.63, 3.8) is 0 Å². The quantitative estimate of drug-likeness (QED) is 0.653. The summed E-state index contributed by atoms with van der Waals surface area (Å²) in [6.07, 6.45) is 1.47. The van der Waals surface area contributed by atoms with Crippen LogP contribution in [-0.2, 0) is 10.3 Å². The standard InChI is InChI=1S/C21H23ClN2O2S2/c22-17-6-4-16(5-7-17)21(8-10-26-11-9-21)24-20(25)23-18-3-1-2-15(14-18)19-27-12-13-28-19/h1-7,14,19H,8-13H2,(H2,23,24,25). The highest BCUT2D eigenvalue weighted by atomic mass is 35.5. The lowest BCUT2D eigenvalue weighted by atomic mass is 9.83. The summed E-state index contributed by atoms with van der Waals surface area (Å²) in [5, 5.41) is 6.94. The molecule has 0 radical (unpaired) electrons. The number of carbonyl (C=O) groups is 1. The molecule has 0 bridgehead atoms. The molecule has 2 fully saturated rings. The van der Waals surface area contributed by atoms with Crippen molar-refractivity contribution in [2.24, 2.45) is 0 Å². The first kappa shape index (κ1) is 20.0. The van der Waals surface area contributed by atoms with Gasteiger partial charge in [-0.05, 0) is 48.2 Å². The van der Waals surface area contributed by atoms with Gasteiger partial charge in [-0.25, -0.2) is 4.79 Å². The number of nitrogens with one attached hydrogen (secondary N) is 2. The van der Waals surface area contributed by atoms with Gasteiger partial charge in [0.2, 0.25) is 0 Å². The first-order valence-corrected chi connectivity index (χ1v) is 11.9. The average Bonchev–Trinajstić information content (AvgIpc) is 3.24. The number of benzene rings is 2. The molecule has 2 aromatic carbocycles. The molecule has 0 atom stereocenters. The third-order valence-corrected chi connectivity index (χ3v) is 8.49. The predicted molar refractivity (Wildman–Crippen MR) is 119 cm³/mol. The minimum Gasteiger partial charge on any atom is -0.381 e. The van der Waals surface area contributed by atoms with Gasteiger partial charge >= 0.3 is 6.03 Å². The van der Waals surface area contributed by atoms with E-state index >= 15 is 0 Å². The molecule has 0 unspecified atom stereocenters. The molecule has 4 rings (SSSR count). The van der Waals surface area contributed by atoms with Crippen LogP contribution < -0.4 is 10.6 Å². The minimum atomic E-state index is -0.443. The first-order valence-electron chi connectivity index (χ1n) is 9.41. The highest BCUT2D eigenvalue weighted by Gasteiger charge is 2.36. The number of amides is 2. The molecule has 2 saturated heterocycles. The fourth-order valence-corrected chi connectivity index (χ4v) is 6.63. The Kier molecular flexibility index (Phi) is 6.41. The summed E-state index contributed by atoms with van der Waals surface area (Å²) < 4.78 is 6.00. The Morgan fingerprint density at radius 2 is 1.79 bits per heavy atom. The number of carbonyl (C=O) groups excluding carboxylic acids is 1. The zero-order valence-corrected chi connectivity index (χ0v) is 17.8. The molecule has 0 aromatic heterocycles. The lowest BCUT2D eigenvalue weighted by Gasteiger charge is -2.38. The summed E-state index contributed by atoms with van der Waals surface area (Å²) in [7, 11) is 0. The second-order valence-electron chi connectivity index (χ2n) is 6.98. The molecule has 2 heterocycles. The molecule has 2 N–H and O–H groups in total. The van der Waals surface area contributed by atoms with E-state index in [0.29, 0.717) is 22.8 Å². The summed E-state index contributed by atoms with van der Waals surface area (Å²) in [4.78, 5) is 12.9. The maximum Gasteiger partial charge on any atom is 0.319 e. The van der Waals surface area contributed by atoms with Gasteiger partial charge in [0.1, 0.15) is 0 Å². The van der Waals surface area contributed by atoms with Crippen LogP contribution in [0.15, 0.2) is 48.5 Å². The molecule has 0 aliphatic carbocycles. The van der Waals surface area contributed by atoms with E-state index < -0.39 is 5.54 Å². The Morgan fingerprint density at radius 3 is 2.50 bits per heavy atom.